The number of carbonyl (C=O) groups excluding carboxylic acids is 2. The first-order valence-corrected chi connectivity index (χ1v) is 9.95. The van der Waals surface area contributed by atoms with E-state index in [4.69, 9.17) is 0 Å². The molecule has 2 aliphatic heterocycles. The third-order valence-corrected chi connectivity index (χ3v) is 6.02. The normalized spacial score (nSPS) is 26.2. The van der Waals surface area contributed by atoms with E-state index < -0.39 is 5.41 Å². The zero-order valence-electron chi connectivity index (χ0n) is 16.6. The lowest BCUT2D eigenvalue weighted by Gasteiger charge is -2.44. The average molecular weight is 370 g/mol. The fourth-order valence-corrected chi connectivity index (χ4v) is 4.32. The Kier molecular flexibility index (Phi) is 6.00. The third kappa shape index (κ3) is 4.24. The number of carbonyl (C=O) groups is 2. The molecule has 27 heavy (non-hydrogen) atoms. The summed E-state index contributed by atoms with van der Waals surface area (Å²) in [5.41, 5.74) is 0.835. The molecule has 0 aliphatic carbocycles. The second-order valence-electron chi connectivity index (χ2n) is 8.06. The highest BCUT2D eigenvalue weighted by molar-refractivity contribution is 5.89. The van der Waals surface area contributed by atoms with E-state index in [-0.39, 0.29) is 17.9 Å². The maximum absolute atomic E-state index is 13.4. The highest BCUT2D eigenvalue weighted by Gasteiger charge is 2.45. The molecular formula is C22H31N3O2. The SMILES string of the molecule is C=CC(=O)N1CCC(C)(C(=O)N2CCN(Cc3ccccc3)C[C@@H]2CC)C1. The minimum Gasteiger partial charge on any atom is -0.338 e. The molecule has 1 aromatic carbocycles. The number of hydrogen-bond acceptors (Lipinski definition) is 3. The highest BCUT2D eigenvalue weighted by atomic mass is 16.2. The minimum absolute atomic E-state index is 0.0775. The number of nitrogens with zero attached hydrogens (tertiary/aromatic N) is 3. The Morgan fingerprint density at radius 1 is 1.22 bits per heavy atom. The second kappa shape index (κ2) is 8.26. The lowest BCUT2D eigenvalue weighted by Crippen LogP contribution is -2.58. The molecule has 0 radical (unpaired) electrons. The van der Waals surface area contributed by atoms with Crippen molar-refractivity contribution < 1.29 is 9.59 Å². The maximum atomic E-state index is 13.4. The van der Waals surface area contributed by atoms with Gasteiger partial charge >= 0.3 is 0 Å². The quantitative estimate of drug-likeness (QED) is 0.749. The Morgan fingerprint density at radius 3 is 2.63 bits per heavy atom. The fraction of sp³-hybridized carbons (Fsp3) is 0.545. The van der Waals surface area contributed by atoms with Gasteiger partial charge in [-0.3, -0.25) is 14.5 Å². The van der Waals surface area contributed by atoms with Gasteiger partial charge in [-0.2, -0.15) is 0 Å². The Labute approximate surface area is 162 Å². The predicted molar refractivity (Wildman–Crippen MR) is 107 cm³/mol. The Hall–Kier alpha value is -2.14. The van der Waals surface area contributed by atoms with E-state index in [9.17, 15) is 9.59 Å². The monoisotopic (exact) mass is 369 g/mol. The van der Waals surface area contributed by atoms with E-state index in [1.807, 2.05) is 13.0 Å². The molecule has 0 saturated carbocycles. The van der Waals surface area contributed by atoms with Gasteiger partial charge in [0.25, 0.3) is 0 Å². The fourth-order valence-electron chi connectivity index (χ4n) is 4.32. The molecule has 1 aromatic rings. The molecule has 0 bridgehead atoms. The number of amides is 2. The van der Waals surface area contributed by atoms with Gasteiger partial charge in [0.15, 0.2) is 0 Å². The summed E-state index contributed by atoms with van der Waals surface area (Å²) in [4.78, 5) is 31.5. The summed E-state index contributed by atoms with van der Waals surface area (Å²) in [6, 6.07) is 10.7. The van der Waals surface area contributed by atoms with Gasteiger partial charge < -0.3 is 9.80 Å². The molecule has 2 amide bonds. The molecule has 2 aliphatic rings. The highest BCUT2D eigenvalue weighted by Crippen LogP contribution is 2.34. The summed E-state index contributed by atoms with van der Waals surface area (Å²) < 4.78 is 0. The molecule has 2 atom stereocenters. The molecule has 5 heteroatoms. The van der Waals surface area contributed by atoms with Gasteiger partial charge in [0, 0.05) is 45.3 Å². The number of rotatable bonds is 5. The summed E-state index contributed by atoms with van der Waals surface area (Å²) in [6.45, 7) is 12.3. The van der Waals surface area contributed by atoms with Crippen molar-refractivity contribution in [2.24, 2.45) is 5.41 Å². The van der Waals surface area contributed by atoms with Gasteiger partial charge in [0.1, 0.15) is 0 Å². The Balaban J connectivity index is 1.64. The van der Waals surface area contributed by atoms with Crippen LogP contribution in [0.3, 0.4) is 0 Å². The number of piperazine rings is 1. The van der Waals surface area contributed by atoms with Crippen LogP contribution in [-0.2, 0) is 16.1 Å². The van der Waals surface area contributed by atoms with Crippen LogP contribution in [0.1, 0.15) is 32.3 Å². The van der Waals surface area contributed by atoms with Crippen LogP contribution in [0.2, 0.25) is 0 Å². The molecular weight excluding hydrogens is 338 g/mol. The van der Waals surface area contributed by atoms with Crippen molar-refractivity contribution in [2.75, 3.05) is 32.7 Å². The van der Waals surface area contributed by atoms with Crippen molar-refractivity contribution >= 4 is 11.8 Å². The Bertz CT molecular complexity index is 690. The van der Waals surface area contributed by atoms with Crippen molar-refractivity contribution in [1.29, 1.82) is 0 Å². The molecule has 5 nitrogen and oxygen atoms in total. The molecule has 2 heterocycles. The molecule has 0 aromatic heterocycles. The first-order chi connectivity index (χ1) is 13.0. The predicted octanol–water partition coefficient (Wildman–Crippen LogP) is 2.53. The van der Waals surface area contributed by atoms with Gasteiger partial charge in [-0.25, -0.2) is 0 Å². The second-order valence-corrected chi connectivity index (χ2v) is 8.06. The molecule has 1 unspecified atom stereocenters. The van der Waals surface area contributed by atoms with Gasteiger partial charge in [-0.15, -0.1) is 0 Å². The smallest absolute Gasteiger partial charge is 0.245 e. The first-order valence-electron chi connectivity index (χ1n) is 9.95. The standard InChI is InChI=1S/C22H31N3O2/c1-4-19-16-23(15-18-9-7-6-8-10-18)13-14-25(19)21(27)22(3)11-12-24(17-22)20(26)5-2/h5-10,19H,2,4,11-17H2,1,3H3/t19-,22?/m0/s1. The average Bonchev–Trinajstić information content (AvgIpc) is 3.11. The van der Waals surface area contributed by atoms with E-state index in [0.29, 0.717) is 13.1 Å². The lowest BCUT2D eigenvalue weighted by atomic mass is 9.87. The maximum Gasteiger partial charge on any atom is 0.245 e. The topological polar surface area (TPSA) is 43.9 Å². The number of benzene rings is 1. The molecule has 3 rings (SSSR count). The lowest BCUT2D eigenvalue weighted by molar-refractivity contribution is -0.146. The molecule has 2 saturated heterocycles. The third-order valence-electron chi connectivity index (χ3n) is 6.02. The van der Waals surface area contributed by atoms with Crippen molar-refractivity contribution in [2.45, 2.75) is 39.3 Å². The molecule has 2 fully saturated rings. The zero-order valence-corrected chi connectivity index (χ0v) is 16.6. The van der Waals surface area contributed by atoms with Crippen LogP contribution in [0.5, 0.6) is 0 Å². The summed E-state index contributed by atoms with van der Waals surface area (Å²) in [5.74, 6) is 0.124. The van der Waals surface area contributed by atoms with E-state index in [1.165, 1.54) is 11.6 Å². The van der Waals surface area contributed by atoms with Crippen LogP contribution in [0.15, 0.2) is 43.0 Å². The van der Waals surface area contributed by atoms with Crippen LogP contribution in [0, 0.1) is 5.41 Å². The molecule has 0 N–H and O–H groups in total. The van der Waals surface area contributed by atoms with Gasteiger partial charge in [-0.1, -0.05) is 43.8 Å². The number of hydrogen-bond donors (Lipinski definition) is 0. The van der Waals surface area contributed by atoms with E-state index in [0.717, 1.165) is 39.0 Å². The summed E-state index contributed by atoms with van der Waals surface area (Å²) in [6.07, 6.45) is 3.02. The summed E-state index contributed by atoms with van der Waals surface area (Å²) >= 11 is 0. The molecule has 146 valence electrons. The minimum atomic E-state index is -0.478. The van der Waals surface area contributed by atoms with Crippen molar-refractivity contribution in [3.63, 3.8) is 0 Å². The van der Waals surface area contributed by atoms with Crippen LogP contribution in [0.4, 0.5) is 0 Å². The zero-order chi connectivity index (χ0) is 19.4. The van der Waals surface area contributed by atoms with Gasteiger partial charge in [-0.05, 0) is 31.4 Å². The van der Waals surface area contributed by atoms with Crippen LogP contribution < -0.4 is 0 Å². The van der Waals surface area contributed by atoms with Crippen molar-refractivity contribution in [3.8, 4) is 0 Å². The summed E-state index contributed by atoms with van der Waals surface area (Å²) in [7, 11) is 0. The number of likely N-dealkylation sites (tertiary alicyclic amines) is 1. The first kappa shape index (κ1) is 19.6. The Morgan fingerprint density at radius 2 is 1.96 bits per heavy atom. The largest absolute Gasteiger partial charge is 0.338 e. The van der Waals surface area contributed by atoms with Crippen LogP contribution in [0.25, 0.3) is 0 Å². The van der Waals surface area contributed by atoms with E-state index in [2.05, 4.69) is 47.6 Å². The van der Waals surface area contributed by atoms with Gasteiger partial charge in [0.2, 0.25) is 11.8 Å². The van der Waals surface area contributed by atoms with Crippen molar-refractivity contribution in [1.82, 2.24) is 14.7 Å². The van der Waals surface area contributed by atoms with Crippen molar-refractivity contribution in [3.05, 3.63) is 48.6 Å². The molecule has 0 spiro atoms. The van der Waals surface area contributed by atoms with Crippen LogP contribution in [-0.4, -0.2) is 65.3 Å². The van der Waals surface area contributed by atoms with E-state index >= 15 is 0 Å². The summed E-state index contributed by atoms with van der Waals surface area (Å²) in [5, 5.41) is 0. The van der Waals surface area contributed by atoms with Gasteiger partial charge in [0.05, 0.1) is 5.41 Å². The van der Waals surface area contributed by atoms with E-state index in [1.54, 1.807) is 4.90 Å². The van der Waals surface area contributed by atoms with Crippen LogP contribution >= 0.6 is 0 Å².